The summed E-state index contributed by atoms with van der Waals surface area (Å²) in [7, 11) is -2.67. The molecule has 1 aromatic carbocycles. The van der Waals surface area contributed by atoms with E-state index >= 15 is 0 Å². The molecule has 0 radical (unpaired) electrons. The van der Waals surface area contributed by atoms with Crippen molar-refractivity contribution in [1.29, 1.82) is 4.78 Å². The van der Waals surface area contributed by atoms with Gasteiger partial charge in [-0.1, -0.05) is 12.1 Å². The fourth-order valence-corrected chi connectivity index (χ4v) is 7.91. The molecule has 2 spiro atoms. The fourth-order valence-electron chi connectivity index (χ4n) is 7.19. The van der Waals surface area contributed by atoms with Crippen molar-refractivity contribution in [3.63, 3.8) is 0 Å². The predicted octanol–water partition coefficient (Wildman–Crippen LogP) is 3.90. The molecular weight excluding hydrogens is 460 g/mol. The predicted molar refractivity (Wildman–Crippen MR) is 132 cm³/mol. The molecule has 5 fully saturated rings. The van der Waals surface area contributed by atoms with Crippen LogP contribution in [0.15, 0.2) is 35.5 Å². The summed E-state index contributed by atoms with van der Waals surface area (Å²) in [5.74, 6) is 2.25. The van der Waals surface area contributed by atoms with Gasteiger partial charge >= 0.3 is 6.03 Å². The van der Waals surface area contributed by atoms with Crippen LogP contribution in [0.25, 0.3) is 0 Å². The molecule has 0 bridgehead atoms. The SMILES string of the molecule is C[S@](=N)(=O)c1cccc(CC2CC3(C2)CN(C(=O)N2CC4(CC(n5cnc(C6CC6)n5)C4)C2)C3)c1. The number of rotatable bonds is 5. The van der Waals surface area contributed by atoms with E-state index in [1.165, 1.54) is 24.7 Å². The average molecular weight is 495 g/mol. The number of urea groups is 1. The molecule has 7 rings (SSSR count). The van der Waals surface area contributed by atoms with E-state index in [4.69, 9.17) is 9.88 Å². The van der Waals surface area contributed by atoms with Crippen molar-refractivity contribution in [2.75, 3.05) is 32.4 Å². The molecule has 3 saturated carbocycles. The van der Waals surface area contributed by atoms with Crippen LogP contribution in [0.5, 0.6) is 0 Å². The highest BCUT2D eigenvalue weighted by molar-refractivity contribution is 7.91. The number of nitrogens with one attached hydrogen (secondary N) is 1. The Morgan fingerprint density at radius 2 is 1.74 bits per heavy atom. The molecule has 3 heterocycles. The number of hydrogen-bond donors (Lipinski definition) is 1. The van der Waals surface area contributed by atoms with Crippen molar-refractivity contribution in [3.8, 4) is 0 Å². The first-order valence-corrected chi connectivity index (χ1v) is 14.9. The molecule has 9 heteroatoms. The van der Waals surface area contributed by atoms with E-state index in [-0.39, 0.29) is 6.03 Å². The van der Waals surface area contributed by atoms with Crippen molar-refractivity contribution in [2.45, 2.75) is 61.8 Å². The summed E-state index contributed by atoms with van der Waals surface area (Å²) in [6, 6.07) is 8.41. The third kappa shape index (κ3) is 3.77. The lowest BCUT2D eigenvalue weighted by atomic mass is 9.56. The minimum absolute atomic E-state index is 0.228. The van der Waals surface area contributed by atoms with Crippen LogP contribution in [-0.4, -0.2) is 67.2 Å². The molecule has 2 aromatic rings. The minimum Gasteiger partial charge on any atom is -0.323 e. The second kappa shape index (κ2) is 7.31. The van der Waals surface area contributed by atoms with Crippen LogP contribution in [0.3, 0.4) is 0 Å². The lowest BCUT2D eigenvalue weighted by Crippen LogP contribution is -2.71. The van der Waals surface area contributed by atoms with Crippen LogP contribution < -0.4 is 0 Å². The number of aromatic nitrogens is 3. The van der Waals surface area contributed by atoms with Gasteiger partial charge in [-0.05, 0) is 68.6 Å². The standard InChI is InChI=1S/C26H34N6O2S/c1-35(27,34)22-4-2-3-18(8-22)7-19-9-25(10-19)13-30(14-25)24(33)31-15-26(16-31)11-21(12-26)32-17-28-23(29-32)20-5-6-20/h2-4,8,17,19-21,27H,5-7,9-16H2,1H3/t35-/m0/s1. The van der Waals surface area contributed by atoms with E-state index in [1.54, 1.807) is 6.07 Å². The minimum atomic E-state index is -2.67. The molecule has 186 valence electrons. The maximum Gasteiger partial charge on any atom is 0.320 e. The second-order valence-electron chi connectivity index (χ2n) is 12.4. The summed E-state index contributed by atoms with van der Waals surface area (Å²) in [4.78, 5) is 22.2. The van der Waals surface area contributed by atoms with Crippen molar-refractivity contribution in [3.05, 3.63) is 42.0 Å². The molecule has 1 N–H and O–H groups in total. The zero-order chi connectivity index (χ0) is 24.0. The van der Waals surface area contributed by atoms with Gasteiger partial charge in [0.1, 0.15) is 6.33 Å². The number of likely N-dealkylation sites (tertiary alicyclic amines) is 2. The Kier molecular flexibility index (Phi) is 4.56. The summed E-state index contributed by atoms with van der Waals surface area (Å²) in [6.07, 6.45) is 11.4. The van der Waals surface area contributed by atoms with Crippen LogP contribution in [0.4, 0.5) is 4.79 Å². The van der Waals surface area contributed by atoms with Crippen molar-refractivity contribution in [1.82, 2.24) is 24.6 Å². The highest BCUT2D eigenvalue weighted by Gasteiger charge is 2.58. The van der Waals surface area contributed by atoms with Crippen LogP contribution in [-0.2, 0) is 16.1 Å². The summed E-state index contributed by atoms with van der Waals surface area (Å²) < 4.78 is 21.9. The molecule has 1 atom stereocenters. The molecule has 1 aromatic heterocycles. The highest BCUT2D eigenvalue weighted by Crippen LogP contribution is 2.56. The Bertz CT molecular complexity index is 1270. The number of benzene rings is 1. The molecule has 2 saturated heterocycles. The van der Waals surface area contributed by atoms with E-state index in [9.17, 15) is 9.00 Å². The van der Waals surface area contributed by atoms with E-state index in [0.29, 0.717) is 33.6 Å². The van der Waals surface area contributed by atoms with Gasteiger partial charge in [0.25, 0.3) is 0 Å². The smallest absolute Gasteiger partial charge is 0.320 e. The van der Waals surface area contributed by atoms with Gasteiger partial charge in [0.2, 0.25) is 0 Å². The summed E-state index contributed by atoms with van der Waals surface area (Å²) in [5, 5.41) is 4.70. The third-order valence-corrected chi connectivity index (χ3v) is 10.3. The van der Waals surface area contributed by atoms with Crippen LogP contribution >= 0.6 is 0 Å². The van der Waals surface area contributed by atoms with Gasteiger partial charge in [-0.15, -0.1) is 0 Å². The number of hydrogen-bond acceptors (Lipinski definition) is 5. The fraction of sp³-hybridized carbons (Fsp3) is 0.654. The van der Waals surface area contributed by atoms with Gasteiger partial charge in [-0.2, -0.15) is 5.10 Å². The molecular formula is C26H34N6O2S. The lowest BCUT2D eigenvalue weighted by Gasteiger charge is -2.63. The monoisotopic (exact) mass is 494 g/mol. The largest absolute Gasteiger partial charge is 0.323 e. The van der Waals surface area contributed by atoms with Gasteiger partial charge in [0.15, 0.2) is 5.82 Å². The van der Waals surface area contributed by atoms with Crippen molar-refractivity contribution in [2.24, 2.45) is 16.7 Å². The first kappa shape index (κ1) is 21.8. The zero-order valence-electron chi connectivity index (χ0n) is 20.4. The van der Waals surface area contributed by atoms with E-state index in [2.05, 4.69) is 15.7 Å². The Hall–Kier alpha value is -2.42. The van der Waals surface area contributed by atoms with Gasteiger partial charge in [0.05, 0.1) is 15.8 Å². The number of amides is 2. The Labute approximate surface area is 207 Å². The molecule has 8 nitrogen and oxygen atoms in total. The number of carbonyl (C=O) groups excluding carboxylic acids is 1. The Balaban J connectivity index is 0.855. The molecule has 0 unspecified atom stereocenters. The highest BCUT2D eigenvalue weighted by atomic mass is 32.2. The zero-order valence-corrected chi connectivity index (χ0v) is 21.2. The van der Waals surface area contributed by atoms with E-state index in [1.807, 2.05) is 28.3 Å². The van der Waals surface area contributed by atoms with Gasteiger partial charge in [-0.3, -0.25) is 0 Å². The summed E-state index contributed by atoms with van der Waals surface area (Å²) >= 11 is 0. The third-order valence-electron chi connectivity index (χ3n) is 9.14. The van der Waals surface area contributed by atoms with Crippen molar-refractivity contribution >= 4 is 15.8 Å². The second-order valence-corrected chi connectivity index (χ2v) is 14.5. The Morgan fingerprint density at radius 1 is 1.09 bits per heavy atom. The topological polar surface area (TPSA) is 95.2 Å². The van der Waals surface area contributed by atoms with Crippen molar-refractivity contribution < 1.29 is 9.00 Å². The van der Waals surface area contributed by atoms with E-state index < -0.39 is 9.73 Å². The van der Waals surface area contributed by atoms with Gasteiger partial charge < -0.3 is 9.80 Å². The molecule has 3 aliphatic carbocycles. The maximum atomic E-state index is 13.0. The summed E-state index contributed by atoms with van der Waals surface area (Å²) in [6.45, 7) is 3.58. The molecule has 2 aliphatic heterocycles. The molecule has 35 heavy (non-hydrogen) atoms. The lowest BCUT2D eigenvalue weighted by molar-refractivity contribution is -0.107. The molecule has 5 aliphatic rings. The summed E-state index contributed by atoms with van der Waals surface area (Å²) in [5.41, 5.74) is 1.81. The first-order chi connectivity index (χ1) is 16.7. The normalized spacial score (nSPS) is 26.5. The van der Waals surface area contributed by atoms with Crippen LogP contribution in [0.1, 0.15) is 61.9 Å². The van der Waals surface area contributed by atoms with Gasteiger partial charge in [0, 0.05) is 54.1 Å². The first-order valence-electron chi connectivity index (χ1n) is 13.0. The number of carbonyl (C=O) groups is 1. The van der Waals surface area contributed by atoms with E-state index in [0.717, 1.165) is 64.1 Å². The van der Waals surface area contributed by atoms with Crippen LogP contribution in [0, 0.1) is 21.5 Å². The Morgan fingerprint density at radius 3 is 2.37 bits per heavy atom. The average Bonchev–Trinajstić information content (AvgIpc) is 3.44. The molecule has 2 amide bonds. The van der Waals surface area contributed by atoms with Gasteiger partial charge in [-0.25, -0.2) is 23.4 Å². The van der Waals surface area contributed by atoms with Crippen LogP contribution in [0.2, 0.25) is 0 Å². The maximum absolute atomic E-state index is 13.0. The number of nitrogens with zero attached hydrogens (tertiary/aromatic N) is 5. The quantitative estimate of drug-likeness (QED) is 0.682.